The second-order valence-electron chi connectivity index (χ2n) is 6.08. The van der Waals surface area contributed by atoms with Gasteiger partial charge in [-0.15, -0.1) is 0 Å². The number of aromatic nitrogens is 2. The molecule has 2 saturated heterocycles. The number of rotatable bonds is 5. The topological polar surface area (TPSA) is 70.6 Å². The average Bonchev–Trinajstić information content (AvgIpc) is 2.63. The summed E-state index contributed by atoms with van der Waals surface area (Å²) in [6.07, 6.45) is 5.43. The van der Waals surface area contributed by atoms with Crippen molar-refractivity contribution in [3.8, 4) is 0 Å². The Morgan fingerprint density at radius 3 is 2.83 bits per heavy atom. The summed E-state index contributed by atoms with van der Waals surface area (Å²) in [6, 6.07) is 1.81. The van der Waals surface area contributed by atoms with Gasteiger partial charge in [0, 0.05) is 51.7 Å². The molecule has 126 valence electrons. The molecule has 1 atom stereocenters. The molecule has 7 nitrogen and oxygen atoms in total. The number of carbonyl (C=O) groups excluding carboxylic acids is 1. The fourth-order valence-corrected chi connectivity index (χ4v) is 3.13. The summed E-state index contributed by atoms with van der Waals surface area (Å²) in [5.74, 6) is 0.898. The van der Waals surface area contributed by atoms with Crippen LogP contribution in [0.2, 0.25) is 0 Å². The minimum Gasteiger partial charge on any atom is -0.379 e. The van der Waals surface area contributed by atoms with Crippen LogP contribution < -0.4 is 10.2 Å². The average molecular weight is 319 g/mol. The van der Waals surface area contributed by atoms with E-state index in [9.17, 15) is 4.79 Å². The van der Waals surface area contributed by atoms with Crippen molar-refractivity contribution < 1.29 is 9.53 Å². The van der Waals surface area contributed by atoms with Crippen LogP contribution in [0.3, 0.4) is 0 Å². The SMILES string of the molecule is O=C(NCCN1CCOCC1)C1CCCN(c2ncccn2)C1. The molecule has 1 aromatic rings. The summed E-state index contributed by atoms with van der Waals surface area (Å²) in [4.78, 5) is 25.4. The van der Waals surface area contributed by atoms with Crippen LogP contribution >= 0.6 is 0 Å². The van der Waals surface area contributed by atoms with Gasteiger partial charge in [-0.25, -0.2) is 9.97 Å². The van der Waals surface area contributed by atoms with E-state index in [2.05, 4.69) is 25.1 Å². The van der Waals surface area contributed by atoms with Gasteiger partial charge in [0.1, 0.15) is 0 Å². The normalized spacial score (nSPS) is 22.8. The number of ether oxygens (including phenoxy) is 1. The molecule has 3 rings (SSSR count). The first-order valence-electron chi connectivity index (χ1n) is 8.43. The third-order valence-corrected chi connectivity index (χ3v) is 4.46. The van der Waals surface area contributed by atoms with E-state index >= 15 is 0 Å². The Balaban J connectivity index is 1.43. The molecule has 2 aliphatic heterocycles. The Bertz CT molecular complexity index is 493. The molecular formula is C16H25N5O2. The molecule has 3 heterocycles. The molecule has 7 heteroatoms. The maximum Gasteiger partial charge on any atom is 0.225 e. The van der Waals surface area contributed by atoms with Gasteiger partial charge in [-0.05, 0) is 18.9 Å². The second kappa shape index (κ2) is 8.21. The third-order valence-electron chi connectivity index (χ3n) is 4.46. The lowest BCUT2D eigenvalue weighted by molar-refractivity contribution is -0.125. The van der Waals surface area contributed by atoms with Crippen molar-refractivity contribution in [2.24, 2.45) is 5.92 Å². The van der Waals surface area contributed by atoms with Crippen molar-refractivity contribution >= 4 is 11.9 Å². The lowest BCUT2D eigenvalue weighted by Gasteiger charge is -2.32. The summed E-state index contributed by atoms with van der Waals surface area (Å²) in [7, 11) is 0. The van der Waals surface area contributed by atoms with E-state index in [0.29, 0.717) is 13.1 Å². The van der Waals surface area contributed by atoms with E-state index in [0.717, 1.165) is 58.2 Å². The maximum absolute atomic E-state index is 12.4. The molecular weight excluding hydrogens is 294 g/mol. The van der Waals surface area contributed by atoms with Crippen LogP contribution in [-0.4, -0.2) is 73.3 Å². The van der Waals surface area contributed by atoms with Crippen LogP contribution in [0.5, 0.6) is 0 Å². The van der Waals surface area contributed by atoms with Gasteiger partial charge < -0.3 is 15.0 Å². The van der Waals surface area contributed by atoms with E-state index in [4.69, 9.17) is 4.74 Å². The van der Waals surface area contributed by atoms with Gasteiger partial charge in [0.15, 0.2) is 0 Å². The largest absolute Gasteiger partial charge is 0.379 e. The molecule has 23 heavy (non-hydrogen) atoms. The van der Waals surface area contributed by atoms with Gasteiger partial charge >= 0.3 is 0 Å². The van der Waals surface area contributed by atoms with Crippen molar-refractivity contribution in [2.45, 2.75) is 12.8 Å². The smallest absolute Gasteiger partial charge is 0.225 e. The summed E-state index contributed by atoms with van der Waals surface area (Å²) >= 11 is 0. The number of anilines is 1. The zero-order valence-corrected chi connectivity index (χ0v) is 13.5. The molecule has 1 aromatic heterocycles. The van der Waals surface area contributed by atoms with Crippen LogP contribution in [0.1, 0.15) is 12.8 Å². The first-order valence-corrected chi connectivity index (χ1v) is 8.43. The van der Waals surface area contributed by atoms with Gasteiger partial charge in [-0.3, -0.25) is 9.69 Å². The van der Waals surface area contributed by atoms with Crippen molar-refractivity contribution in [1.29, 1.82) is 0 Å². The van der Waals surface area contributed by atoms with Crippen molar-refractivity contribution in [3.05, 3.63) is 18.5 Å². The summed E-state index contributed by atoms with van der Waals surface area (Å²) in [5, 5.41) is 3.08. The number of amides is 1. The molecule has 1 N–H and O–H groups in total. The van der Waals surface area contributed by atoms with Crippen LogP contribution in [-0.2, 0) is 9.53 Å². The van der Waals surface area contributed by atoms with Gasteiger partial charge in [0.25, 0.3) is 0 Å². The van der Waals surface area contributed by atoms with Gasteiger partial charge in [0.2, 0.25) is 11.9 Å². The number of piperidine rings is 1. The number of carbonyl (C=O) groups is 1. The first kappa shape index (κ1) is 16.1. The number of morpholine rings is 1. The summed E-state index contributed by atoms with van der Waals surface area (Å²) in [5.41, 5.74) is 0. The minimum absolute atomic E-state index is 0.0252. The van der Waals surface area contributed by atoms with Crippen molar-refractivity contribution in [1.82, 2.24) is 20.2 Å². The number of nitrogens with one attached hydrogen (secondary N) is 1. The highest BCUT2D eigenvalue weighted by atomic mass is 16.5. The molecule has 0 saturated carbocycles. The van der Waals surface area contributed by atoms with Crippen molar-refractivity contribution in [2.75, 3.05) is 57.4 Å². The standard InChI is InChI=1S/C16H25N5O2/c22-15(17-6-8-20-9-11-23-12-10-20)14-3-1-7-21(13-14)16-18-4-2-5-19-16/h2,4-5,14H,1,3,6-13H2,(H,17,22). The van der Waals surface area contributed by atoms with E-state index < -0.39 is 0 Å². The fraction of sp³-hybridized carbons (Fsp3) is 0.688. The molecule has 0 bridgehead atoms. The lowest BCUT2D eigenvalue weighted by Crippen LogP contribution is -2.46. The zero-order valence-electron chi connectivity index (χ0n) is 13.5. The number of nitrogens with zero attached hydrogens (tertiary/aromatic N) is 4. The van der Waals surface area contributed by atoms with E-state index in [1.54, 1.807) is 12.4 Å². The number of hydrogen-bond acceptors (Lipinski definition) is 6. The van der Waals surface area contributed by atoms with E-state index in [-0.39, 0.29) is 11.8 Å². The molecule has 0 aliphatic carbocycles. The Labute approximate surface area is 137 Å². The predicted octanol–water partition coefficient (Wildman–Crippen LogP) is 0.141. The molecule has 0 radical (unpaired) electrons. The van der Waals surface area contributed by atoms with Crippen LogP contribution in [0.25, 0.3) is 0 Å². The summed E-state index contributed by atoms with van der Waals surface area (Å²) < 4.78 is 5.33. The van der Waals surface area contributed by atoms with Crippen LogP contribution in [0.4, 0.5) is 5.95 Å². The maximum atomic E-state index is 12.4. The third kappa shape index (κ3) is 4.62. The van der Waals surface area contributed by atoms with Crippen LogP contribution in [0, 0.1) is 5.92 Å². The van der Waals surface area contributed by atoms with Gasteiger partial charge in [0.05, 0.1) is 19.1 Å². The van der Waals surface area contributed by atoms with E-state index in [1.165, 1.54) is 0 Å². The number of hydrogen-bond donors (Lipinski definition) is 1. The summed E-state index contributed by atoms with van der Waals surface area (Å²) in [6.45, 7) is 6.72. The van der Waals surface area contributed by atoms with Crippen LogP contribution in [0.15, 0.2) is 18.5 Å². The molecule has 0 spiro atoms. The van der Waals surface area contributed by atoms with Gasteiger partial charge in [-0.1, -0.05) is 0 Å². The first-order chi connectivity index (χ1) is 11.3. The molecule has 2 fully saturated rings. The Hall–Kier alpha value is -1.73. The molecule has 1 unspecified atom stereocenters. The zero-order chi connectivity index (χ0) is 15.9. The Morgan fingerprint density at radius 1 is 1.26 bits per heavy atom. The van der Waals surface area contributed by atoms with Gasteiger partial charge in [-0.2, -0.15) is 0 Å². The Morgan fingerprint density at radius 2 is 2.04 bits per heavy atom. The molecule has 2 aliphatic rings. The quantitative estimate of drug-likeness (QED) is 0.832. The molecule has 0 aromatic carbocycles. The minimum atomic E-state index is 0.0252. The predicted molar refractivity (Wildman–Crippen MR) is 87.2 cm³/mol. The fourth-order valence-electron chi connectivity index (χ4n) is 3.13. The highest BCUT2D eigenvalue weighted by Crippen LogP contribution is 2.19. The highest BCUT2D eigenvalue weighted by molar-refractivity contribution is 5.79. The van der Waals surface area contributed by atoms with Crippen molar-refractivity contribution in [3.63, 3.8) is 0 Å². The molecule has 1 amide bonds. The second-order valence-corrected chi connectivity index (χ2v) is 6.08. The highest BCUT2D eigenvalue weighted by Gasteiger charge is 2.26. The lowest BCUT2D eigenvalue weighted by atomic mass is 9.97. The Kier molecular flexibility index (Phi) is 5.76. The van der Waals surface area contributed by atoms with E-state index in [1.807, 2.05) is 6.07 Å². The monoisotopic (exact) mass is 319 g/mol.